The van der Waals surface area contributed by atoms with Gasteiger partial charge < -0.3 is 14.7 Å². The first-order chi connectivity index (χ1) is 8.16. The highest BCUT2D eigenvalue weighted by molar-refractivity contribution is 5.23. The van der Waals surface area contributed by atoms with Crippen molar-refractivity contribution in [1.29, 1.82) is 0 Å². The lowest BCUT2D eigenvalue weighted by molar-refractivity contribution is 0.490. The molecule has 4 nitrogen and oxygen atoms in total. The van der Waals surface area contributed by atoms with E-state index in [2.05, 4.69) is 28.3 Å². The molecule has 0 radical (unpaired) electrons. The third-order valence-corrected chi connectivity index (χ3v) is 2.95. The summed E-state index contributed by atoms with van der Waals surface area (Å²) in [7, 11) is 0. The fourth-order valence-electron chi connectivity index (χ4n) is 2.04. The number of aromatic nitrogens is 2. The van der Waals surface area contributed by atoms with Gasteiger partial charge in [0.05, 0.1) is 6.33 Å². The molecule has 0 saturated carbocycles. The Balaban J connectivity index is 1.85. The van der Waals surface area contributed by atoms with Gasteiger partial charge in [0, 0.05) is 36.5 Å². The van der Waals surface area contributed by atoms with Crippen LogP contribution in [-0.2, 0) is 6.42 Å². The van der Waals surface area contributed by atoms with Gasteiger partial charge in [0.25, 0.3) is 0 Å². The Morgan fingerprint density at radius 2 is 2.29 bits per heavy atom. The number of H-pyrrole nitrogens is 1. The van der Waals surface area contributed by atoms with Crippen LogP contribution in [0.25, 0.3) is 0 Å². The van der Waals surface area contributed by atoms with Crippen molar-refractivity contribution in [3.05, 3.63) is 41.4 Å². The zero-order valence-corrected chi connectivity index (χ0v) is 10.6. The van der Waals surface area contributed by atoms with E-state index in [1.807, 2.05) is 20.0 Å². The van der Waals surface area contributed by atoms with Gasteiger partial charge >= 0.3 is 0 Å². The number of furan rings is 1. The van der Waals surface area contributed by atoms with E-state index in [1.54, 1.807) is 6.33 Å². The van der Waals surface area contributed by atoms with Crippen molar-refractivity contribution < 1.29 is 4.42 Å². The molecule has 0 aliphatic heterocycles. The number of hydrogen-bond acceptors (Lipinski definition) is 3. The van der Waals surface area contributed by atoms with Crippen molar-refractivity contribution in [3.8, 4) is 0 Å². The third-order valence-electron chi connectivity index (χ3n) is 2.95. The Morgan fingerprint density at radius 3 is 2.88 bits per heavy atom. The van der Waals surface area contributed by atoms with E-state index in [0.29, 0.717) is 6.04 Å². The SMILES string of the molecule is Cc1cc(C(C)NCCc2cnc[nH]2)c(C)o1. The van der Waals surface area contributed by atoms with Crippen molar-refractivity contribution in [2.24, 2.45) is 0 Å². The number of aromatic amines is 1. The molecule has 92 valence electrons. The van der Waals surface area contributed by atoms with Crippen LogP contribution < -0.4 is 5.32 Å². The minimum Gasteiger partial charge on any atom is -0.466 e. The fraction of sp³-hybridized carbons (Fsp3) is 0.462. The first-order valence-corrected chi connectivity index (χ1v) is 5.94. The molecule has 0 aromatic carbocycles. The summed E-state index contributed by atoms with van der Waals surface area (Å²) in [5.41, 5.74) is 2.40. The lowest BCUT2D eigenvalue weighted by Gasteiger charge is -2.12. The molecule has 2 rings (SSSR count). The zero-order chi connectivity index (χ0) is 12.3. The third kappa shape index (κ3) is 2.97. The lowest BCUT2D eigenvalue weighted by Crippen LogP contribution is -2.21. The maximum Gasteiger partial charge on any atom is 0.105 e. The summed E-state index contributed by atoms with van der Waals surface area (Å²) < 4.78 is 5.53. The van der Waals surface area contributed by atoms with Crippen LogP contribution >= 0.6 is 0 Å². The highest BCUT2D eigenvalue weighted by Crippen LogP contribution is 2.20. The molecule has 2 heterocycles. The molecular formula is C13H19N3O. The van der Waals surface area contributed by atoms with Gasteiger partial charge in [-0.15, -0.1) is 0 Å². The predicted molar refractivity (Wildman–Crippen MR) is 66.9 cm³/mol. The number of hydrogen-bond donors (Lipinski definition) is 2. The van der Waals surface area contributed by atoms with Crippen LogP contribution in [-0.4, -0.2) is 16.5 Å². The molecule has 2 N–H and O–H groups in total. The molecular weight excluding hydrogens is 214 g/mol. The standard InChI is InChI=1S/C13H19N3O/c1-9-6-13(11(3)17-9)10(2)15-5-4-12-7-14-8-16-12/h6-8,10,15H,4-5H2,1-3H3,(H,14,16). The summed E-state index contributed by atoms with van der Waals surface area (Å²) in [6, 6.07) is 2.42. The summed E-state index contributed by atoms with van der Waals surface area (Å²) in [6.45, 7) is 7.07. The topological polar surface area (TPSA) is 53.9 Å². The van der Waals surface area contributed by atoms with Crippen LogP contribution in [0.3, 0.4) is 0 Å². The molecule has 2 aromatic rings. The van der Waals surface area contributed by atoms with Gasteiger partial charge in [-0.3, -0.25) is 0 Å². The van der Waals surface area contributed by atoms with E-state index < -0.39 is 0 Å². The molecule has 0 fully saturated rings. The maximum atomic E-state index is 5.53. The Bertz CT molecular complexity index is 459. The average molecular weight is 233 g/mol. The zero-order valence-electron chi connectivity index (χ0n) is 10.6. The monoisotopic (exact) mass is 233 g/mol. The Morgan fingerprint density at radius 1 is 1.47 bits per heavy atom. The Labute approximate surface area is 101 Å². The molecule has 0 bridgehead atoms. The Kier molecular flexibility index (Phi) is 3.64. The van der Waals surface area contributed by atoms with Crippen molar-refractivity contribution in [1.82, 2.24) is 15.3 Å². The van der Waals surface area contributed by atoms with Gasteiger partial charge in [-0.25, -0.2) is 4.98 Å². The van der Waals surface area contributed by atoms with Crippen molar-refractivity contribution >= 4 is 0 Å². The van der Waals surface area contributed by atoms with Crippen LogP contribution in [0.2, 0.25) is 0 Å². The van der Waals surface area contributed by atoms with Gasteiger partial charge in [-0.2, -0.15) is 0 Å². The minimum absolute atomic E-state index is 0.315. The number of aryl methyl sites for hydroxylation is 2. The van der Waals surface area contributed by atoms with Gasteiger partial charge in [0.1, 0.15) is 11.5 Å². The van der Waals surface area contributed by atoms with Crippen LogP contribution in [0.1, 0.15) is 35.7 Å². The molecule has 0 aliphatic rings. The summed E-state index contributed by atoms with van der Waals surface area (Å²) in [5.74, 6) is 1.98. The van der Waals surface area contributed by atoms with Crippen LogP contribution in [0.4, 0.5) is 0 Å². The first-order valence-electron chi connectivity index (χ1n) is 5.94. The van der Waals surface area contributed by atoms with Crippen molar-refractivity contribution in [2.45, 2.75) is 33.2 Å². The maximum absolute atomic E-state index is 5.53. The second-order valence-corrected chi connectivity index (χ2v) is 4.37. The van der Waals surface area contributed by atoms with Gasteiger partial charge in [0.15, 0.2) is 0 Å². The molecule has 4 heteroatoms. The van der Waals surface area contributed by atoms with Gasteiger partial charge in [-0.1, -0.05) is 0 Å². The largest absolute Gasteiger partial charge is 0.466 e. The second kappa shape index (κ2) is 5.19. The van der Waals surface area contributed by atoms with E-state index >= 15 is 0 Å². The summed E-state index contributed by atoms with van der Waals surface area (Å²) in [6.07, 6.45) is 4.53. The minimum atomic E-state index is 0.315. The molecule has 1 unspecified atom stereocenters. The van der Waals surface area contributed by atoms with E-state index in [-0.39, 0.29) is 0 Å². The van der Waals surface area contributed by atoms with E-state index in [4.69, 9.17) is 4.42 Å². The lowest BCUT2D eigenvalue weighted by atomic mass is 10.1. The Hall–Kier alpha value is -1.55. The van der Waals surface area contributed by atoms with Gasteiger partial charge in [-0.05, 0) is 26.8 Å². The van der Waals surface area contributed by atoms with Crippen molar-refractivity contribution in [2.75, 3.05) is 6.54 Å². The van der Waals surface area contributed by atoms with Crippen molar-refractivity contribution in [3.63, 3.8) is 0 Å². The molecule has 17 heavy (non-hydrogen) atoms. The van der Waals surface area contributed by atoms with Crippen LogP contribution in [0.5, 0.6) is 0 Å². The van der Waals surface area contributed by atoms with E-state index in [1.165, 1.54) is 5.56 Å². The average Bonchev–Trinajstić information content (AvgIpc) is 2.88. The highest BCUT2D eigenvalue weighted by atomic mass is 16.3. The molecule has 0 amide bonds. The smallest absolute Gasteiger partial charge is 0.105 e. The number of rotatable bonds is 5. The van der Waals surface area contributed by atoms with E-state index in [0.717, 1.165) is 30.2 Å². The first kappa shape index (κ1) is 11.9. The molecule has 0 spiro atoms. The molecule has 0 saturated heterocycles. The van der Waals surface area contributed by atoms with E-state index in [9.17, 15) is 0 Å². The van der Waals surface area contributed by atoms with Crippen LogP contribution in [0, 0.1) is 13.8 Å². The fourth-order valence-corrected chi connectivity index (χ4v) is 2.04. The number of nitrogens with zero attached hydrogens (tertiary/aromatic N) is 1. The normalized spacial score (nSPS) is 12.9. The predicted octanol–water partition coefficient (Wildman–Crippen LogP) is 2.51. The van der Waals surface area contributed by atoms with Gasteiger partial charge in [0.2, 0.25) is 0 Å². The summed E-state index contributed by atoms with van der Waals surface area (Å²) >= 11 is 0. The molecule has 2 aromatic heterocycles. The highest BCUT2D eigenvalue weighted by Gasteiger charge is 2.11. The number of imidazole rings is 1. The quantitative estimate of drug-likeness (QED) is 0.834. The summed E-state index contributed by atoms with van der Waals surface area (Å²) in [5, 5.41) is 3.48. The summed E-state index contributed by atoms with van der Waals surface area (Å²) in [4.78, 5) is 7.09. The molecule has 1 atom stereocenters. The molecule has 0 aliphatic carbocycles. The number of nitrogens with one attached hydrogen (secondary N) is 2. The second-order valence-electron chi connectivity index (χ2n) is 4.37. The van der Waals surface area contributed by atoms with Crippen LogP contribution in [0.15, 0.2) is 23.0 Å².